The van der Waals surface area contributed by atoms with Gasteiger partial charge in [-0.15, -0.1) is 5.10 Å². The van der Waals surface area contributed by atoms with E-state index < -0.39 is 0 Å². The molecule has 0 aliphatic carbocycles. The Morgan fingerprint density at radius 2 is 1.96 bits per heavy atom. The minimum Gasteiger partial charge on any atom is -0.351 e. The molecule has 0 saturated heterocycles. The van der Waals surface area contributed by atoms with Crippen molar-refractivity contribution in [3.63, 3.8) is 0 Å². The van der Waals surface area contributed by atoms with Crippen molar-refractivity contribution >= 4 is 34.3 Å². The second-order valence-corrected chi connectivity index (χ2v) is 6.51. The third-order valence-electron chi connectivity index (χ3n) is 4.95. The Hall–Kier alpha value is -3.41. The van der Waals surface area contributed by atoms with E-state index in [0.717, 1.165) is 22.8 Å². The van der Waals surface area contributed by atoms with Crippen molar-refractivity contribution in [2.75, 3.05) is 11.4 Å². The summed E-state index contributed by atoms with van der Waals surface area (Å²) in [5.41, 5.74) is 5.60. The van der Waals surface area contributed by atoms with Crippen molar-refractivity contribution in [2.24, 2.45) is 19.1 Å². The number of rotatable bonds is 2. The maximum absolute atomic E-state index is 4.62. The smallest absolute Gasteiger partial charge is 0.151 e. The monoisotopic (exact) mass is 342 g/mol. The first kappa shape index (κ1) is 14.9. The van der Waals surface area contributed by atoms with Gasteiger partial charge >= 0.3 is 0 Å². The second-order valence-electron chi connectivity index (χ2n) is 6.51. The molecule has 6 nitrogen and oxygen atoms in total. The first-order chi connectivity index (χ1) is 12.7. The van der Waals surface area contributed by atoms with Crippen LogP contribution in [0, 0.1) is 0 Å². The second kappa shape index (κ2) is 5.56. The standard InChI is InChI=1S/C20H18N6/c1-24-10-8-14-6-7-15(12-18(14)24)16-4-3-5-17-20(16)26(11-9-21-17)19-13-22-23-25(19)2/h3-10,12-13H,11H2,1-2H3. The molecule has 128 valence electrons. The molecule has 6 heteroatoms. The van der Waals surface area contributed by atoms with Gasteiger partial charge in [0.05, 0.1) is 24.1 Å². The highest BCUT2D eigenvalue weighted by Crippen LogP contribution is 2.43. The zero-order chi connectivity index (χ0) is 17.7. The fraction of sp³-hybridized carbons (Fsp3) is 0.150. The largest absolute Gasteiger partial charge is 0.351 e. The lowest BCUT2D eigenvalue weighted by Crippen LogP contribution is -2.24. The molecule has 3 heterocycles. The van der Waals surface area contributed by atoms with Crippen molar-refractivity contribution < 1.29 is 0 Å². The van der Waals surface area contributed by atoms with Gasteiger partial charge < -0.3 is 9.47 Å². The molecule has 5 rings (SSSR count). The maximum Gasteiger partial charge on any atom is 0.151 e. The SMILES string of the molecule is Cn1nncc1N1CC=Nc2cccc(-c3ccc4ccn(C)c4c3)c21. The number of hydrogen-bond acceptors (Lipinski definition) is 4. The number of benzene rings is 2. The van der Waals surface area contributed by atoms with E-state index in [2.05, 4.69) is 74.4 Å². The topological polar surface area (TPSA) is 51.2 Å². The molecule has 0 unspecified atom stereocenters. The van der Waals surface area contributed by atoms with Crippen LogP contribution in [0.5, 0.6) is 0 Å². The first-order valence-electron chi connectivity index (χ1n) is 8.55. The van der Waals surface area contributed by atoms with Crippen LogP contribution in [0.1, 0.15) is 0 Å². The average molecular weight is 342 g/mol. The Morgan fingerprint density at radius 3 is 2.81 bits per heavy atom. The number of aryl methyl sites for hydroxylation is 2. The molecule has 0 saturated carbocycles. The van der Waals surface area contributed by atoms with Gasteiger partial charge in [0.1, 0.15) is 0 Å². The van der Waals surface area contributed by atoms with Crippen molar-refractivity contribution in [3.8, 4) is 11.1 Å². The Kier molecular flexibility index (Phi) is 3.18. The molecule has 2 aromatic heterocycles. The fourth-order valence-corrected chi connectivity index (χ4v) is 3.63. The molecule has 0 bridgehead atoms. The molecule has 4 aromatic rings. The summed E-state index contributed by atoms with van der Waals surface area (Å²) < 4.78 is 3.94. The summed E-state index contributed by atoms with van der Waals surface area (Å²) >= 11 is 0. The number of para-hydroxylation sites is 1. The Balaban J connectivity index is 1.74. The van der Waals surface area contributed by atoms with Crippen LogP contribution in [0.2, 0.25) is 0 Å². The lowest BCUT2D eigenvalue weighted by atomic mass is 9.99. The fourth-order valence-electron chi connectivity index (χ4n) is 3.63. The molecule has 1 aliphatic heterocycles. The van der Waals surface area contributed by atoms with Crippen LogP contribution in [0.25, 0.3) is 22.0 Å². The molecule has 0 atom stereocenters. The molecule has 0 radical (unpaired) electrons. The molecule has 2 aromatic carbocycles. The quantitative estimate of drug-likeness (QED) is 0.556. The van der Waals surface area contributed by atoms with Crippen LogP contribution >= 0.6 is 0 Å². The summed E-state index contributed by atoms with van der Waals surface area (Å²) in [5.74, 6) is 0.949. The number of aromatic nitrogens is 4. The van der Waals surface area contributed by atoms with Crippen LogP contribution < -0.4 is 4.90 Å². The van der Waals surface area contributed by atoms with Gasteiger partial charge in [-0.25, -0.2) is 4.68 Å². The Bertz CT molecular complexity index is 1150. The van der Waals surface area contributed by atoms with Crippen LogP contribution in [0.3, 0.4) is 0 Å². The van der Waals surface area contributed by atoms with E-state index in [1.54, 1.807) is 10.9 Å². The minimum atomic E-state index is 0.692. The summed E-state index contributed by atoms with van der Waals surface area (Å²) in [7, 11) is 3.98. The summed E-state index contributed by atoms with van der Waals surface area (Å²) in [5, 5.41) is 9.37. The lowest BCUT2D eigenvalue weighted by molar-refractivity contribution is 0.710. The third-order valence-corrected chi connectivity index (χ3v) is 4.95. The number of nitrogens with zero attached hydrogens (tertiary/aromatic N) is 6. The predicted octanol–water partition coefficient (Wildman–Crippen LogP) is 3.83. The third kappa shape index (κ3) is 2.15. The zero-order valence-electron chi connectivity index (χ0n) is 14.7. The van der Waals surface area contributed by atoms with E-state index in [0.29, 0.717) is 6.54 Å². The first-order valence-corrected chi connectivity index (χ1v) is 8.55. The summed E-state index contributed by atoms with van der Waals surface area (Å²) in [6.07, 6.45) is 5.81. The lowest BCUT2D eigenvalue weighted by Gasteiger charge is -2.29. The van der Waals surface area contributed by atoms with Gasteiger partial charge in [-0.1, -0.05) is 29.5 Å². The number of aliphatic imine (C=N–C) groups is 1. The summed E-state index contributed by atoms with van der Waals surface area (Å²) in [4.78, 5) is 6.83. The van der Waals surface area contributed by atoms with Crippen molar-refractivity contribution in [3.05, 3.63) is 54.9 Å². The zero-order valence-corrected chi connectivity index (χ0v) is 14.7. The van der Waals surface area contributed by atoms with E-state index in [9.17, 15) is 0 Å². The Labute approximate surface area is 151 Å². The highest BCUT2D eigenvalue weighted by Gasteiger charge is 2.23. The highest BCUT2D eigenvalue weighted by atomic mass is 15.5. The molecule has 0 fully saturated rings. The summed E-state index contributed by atoms with van der Waals surface area (Å²) in [6, 6.07) is 15.0. The predicted molar refractivity (Wildman–Crippen MR) is 105 cm³/mol. The van der Waals surface area contributed by atoms with Gasteiger partial charge in [-0.05, 0) is 29.1 Å². The number of hydrogen-bond donors (Lipinski definition) is 0. The van der Waals surface area contributed by atoms with E-state index in [4.69, 9.17) is 0 Å². The van der Waals surface area contributed by atoms with Gasteiger partial charge in [0.25, 0.3) is 0 Å². The molecule has 1 aliphatic rings. The van der Waals surface area contributed by atoms with E-state index in [-0.39, 0.29) is 0 Å². The highest BCUT2D eigenvalue weighted by molar-refractivity contribution is 5.97. The van der Waals surface area contributed by atoms with E-state index in [1.807, 2.05) is 19.3 Å². The molecule has 0 amide bonds. The molecule has 0 spiro atoms. The maximum atomic E-state index is 4.62. The molecule has 26 heavy (non-hydrogen) atoms. The molecular formula is C20H18N6. The van der Waals surface area contributed by atoms with Gasteiger partial charge in [-0.2, -0.15) is 0 Å². The van der Waals surface area contributed by atoms with E-state index >= 15 is 0 Å². The molecular weight excluding hydrogens is 324 g/mol. The van der Waals surface area contributed by atoms with Crippen molar-refractivity contribution in [1.29, 1.82) is 0 Å². The van der Waals surface area contributed by atoms with Gasteiger partial charge in [0.2, 0.25) is 0 Å². The van der Waals surface area contributed by atoms with Gasteiger partial charge in [0.15, 0.2) is 5.82 Å². The van der Waals surface area contributed by atoms with Crippen LogP contribution in [0.15, 0.2) is 59.9 Å². The number of fused-ring (bicyclic) bond motifs is 2. The minimum absolute atomic E-state index is 0.692. The van der Waals surface area contributed by atoms with Crippen LogP contribution in [0.4, 0.5) is 17.2 Å². The number of anilines is 2. The van der Waals surface area contributed by atoms with Gasteiger partial charge in [0, 0.05) is 37.6 Å². The van der Waals surface area contributed by atoms with E-state index in [1.165, 1.54) is 16.5 Å². The van der Waals surface area contributed by atoms with Crippen LogP contribution in [-0.4, -0.2) is 32.3 Å². The van der Waals surface area contributed by atoms with Gasteiger partial charge in [-0.3, -0.25) is 4.99 Å². The van der Waals surface area contributed by atoms with Crippen molar-refractivity contribution in [2.45, 2.75) is 0 Å². The summed E-state index contributed by atoms with van der Waals surface area (Å²) in [6.45, 7) is 0.692. The van der Waals surface area contributed by atoms with Crippen LogP contribution in [-0.2, 0) is 14.1 Å². The molecule has 0 N–H and O–H groups in total. The van der Waals surface area contributed by atoms with Crippen molar-refractivity contribution in [1.82, 2.24) is 19.6 Å². The Morgan fingerprint density at radius 1 is 1.04 bits per heavy atom. The average Bonchev–Trinajstić information content (AvgIpc) is 3.26. The normalized spacial score (nSPS) is 13.4.